The van der Waals surface area contributed by atoms with Crippen LogP contribution in [0.4, 0.5) is 19.1 Å². The smallest absolute Gasteiger partial charge is 0.345 e. The molecule has 0 aliphatic carbocycles. The van der Waals surface area contributed by atoms with Crippen molar-refractivity contribution in [3.8, 4) is 16.8 Å². The van der Waals surface area contributed by atoms with Crippen LogP contribution in [0.5, 0.6) is 0 Å². The third kappa shape index (κ3) is 4.44. The van der Waals surface area contributed by atoms with Crippen LogP contribution in [0.15, 0.2) is 59.8 Å². The molecular formula is C24H18ClF3N6O. The summed E-state index contributed by atoms with van der Waals surface area (Å²) in [6, 6.07) is 10.4. The molecule has 3 heterocycles. The molecule has 7 nitrogen and oxygen atoms in total. The Morgan fingerprint density at radius 1 is 1.09 bits per heavy atom. The topological polar surface area (TPSA) is 77.6 Å². The highest BCUT2D eigenvalue weighted by atomic mass is 35.5. The van der Waals surface area contributed by atoms with E-state index in [1.807, 2.05) is 32.3 Å². The highest BCUT2D eigenvalue weighted by molar-refractivity contribution is 6.30. The first-order chi connectivity index (χ1) is 16.6. The van der Waals surface area contributed by atoms with Gasteiger partial charge in [0, 0.05) is 41.4 Å². The lowest BCUT2D eigenvalue weighted by Crippen LogP contribution is -2.23. The maximum atomic E-state index is 13.8. The number of aryl methyl sites for hydroxylation is 2. The van der Waals surface area contributed by atoms with Crippen LogP contribution in [0.25, 0.3) is 38.6 Å². The molecule has 3 aromatic heterocycles. The minimum absolute atomic E-state index is 0.224. The van der Waals surface area contributed by atoms with Gasteiger partial charge in [-0.1, -0.05) is 23.7 Å². The number of halogens is 4. The molecule has 0 aliphatic rings. The molecule has 35 heavy (non-hydrogen) atoms. The van der Waals surface area contributed by atoms with Crippen LogP contribution in [0.3, 0.4) is 0 Å². The summed E-state index contributed by atoms with van der Waals surface area (Å²) >= 11 is 6.04. The van der Waals surface area contributed by atoms with Crippen molar-refractivity contribution in [2.75, 3.05) is 11.9 Å². The van der Waals surface area contributed by atoms with Gasteiger partial charge in [0.2, 0.25) is 5.95 Å². The lowest BCUT2D eigenvalue weighted by Gasteiger charge is -2.15. The van der Waals surface area contributed by atoms with Crippen molar-refractivity contribution in [2.45, 2.75) is 13.1 Å². The molecule has 0 unspecified atom stereocenters. The summed E-state index contributed by atoms with van der Waals surface area (Å²) in [6.45, 7) is 0.582. The molecule has 2 aromatic carbocycles. The van der Waals surface area contributed by atoms with Crippen LogP contribution in [0.1, 0.15) is 5.56 Å². The first-order valence-corrected chi connectivity index (χ1v) is 10.9. The number of hydrogen-bond acceptors (Lipinski definition) is 5. The number of hydrogen-bond donors (Lipinski definition) is 1. The second-order valence-electron chi connectivity index (χ2n) is 8.15. The van der Waals surface area contributed by atoms with E-state index in [1.54, 1.807) is 35.1 Å². The Balaban J connectivity index is 1.76. The predicted molar refractivity (Wildman–Crippen MR) is 129 cm³/mol. The summed E-state index contributed by atoms with van der Waals surface area (Å²) in [5.41, 5.74) is 2.86. The van der Waals surface area contributed by atoms with Crippen molar-refractivity contribution in [2.24, 2.45) is 7.05 Å². The fourth-order valence-corrected chi connectivity index (χ4v) is 4.10. The van der Waals surface area contributed by atoms with Crippen LogP contribution in [-0.2, 0) is 7.05 Å². The summed E-state index contributed by atoms with van der Waals surface area (Å²) in [7, 11) is 1.82. The molecule has 5 aromatic rings. The second kappa shape index (κ2) is 8.38. The first kappa shape index (κ1) is 22.9. The average molecular weight is 499 g/mol. The zero-order chi connectivity index (χ0) is 24.9. The van der Waals surface area contributed by atoms with Crippen LogP contribution in [0.2, 0.25) is 5.02 Å². The number of nitrogens with zero attached hydrogens (tertiary/aromatic N) is 5. The number of pyridine rings is 1. The normalized spacial score (nSPS) is 11.9. The van der Waals surface area contributed by atoms with Gasteiger partial charge in [-0.25, -0.2) is 9.97 Å². The van der Waals surface area contributed by atoms with Gasteiger partial charge in [0.15, 0.2) is 0 Å². The largest absolute Gasteiger partial charge is 0.405 e. The number of rotatable bonds is 4. The zero-order valence-electron chi connectivity index (χ0n) is 18.6. The van der Waals surface area contributed by atoms with Gasteiger partial charge in [0.25, 0.3) is 5.56 Å². The van der Waals surface area contributed by atoms with E-state index in [9.17, 15) is 18.0 Å². The Hall–Kier alpha value is -3.92. The van der Waals surface area contributed by atoms with E-state index in [1.165, 1.54) is 10.8 Å². The quantitative estimate of drug-likeness (QED) is 0.365. The van der Waals surface area contributed by atoms with Crippen molar-refractivity contribution >= 4 is 39.4 Å². The summed E-state index contributed by atoms with van der Waals surface area (Å²) in [5, 5.41) is 8.41. The van der Waals surface area contributed by atoms with Gasteiger partial charge in [-0.15, -0.1) is 0 Å². The van der Waals surface area contributed by atoms with Crippen LogP contribution in [0, 0.1) is 6.92 Å². The average Bonchev–Trinajstić information content (AvgIpc) is 3.16. The fraction of sp³-hybridized carbons (Fsp3) is 0.167. The molecule has 0 spiro atoms. The van der Waals surface area contributed by atoms with E-state index in [-0.39, 0.29) is 22.6 Å². The van der Waals surface area contributed by atoms with Crippen molar-refractivity contribution in [1.82, 2.24) is 24.3 Å². The molecule has 0 aliphatic heterocycles. The van der Waals surface area contributed by atoms with E-state index in [4.69, 9.17) is 11.6 Å². The van der Waals surface area contributed by atoms with Gasteiger partial charge in [-0.05, 0) is 42.3 Å². The van der Waals surface area contributed by atoms with Crippen molar-refractivity contribution in [1.29, 1.82) is 0 Å². The molecule has 0 atom stereocenters. The predicted octanol–water partition coefficient (Wildman–Crippen LogP) is 5.27. The third-order valence-electron chi connectivity index (χ3n) is 5.53. The molecule has 0 saturated heterocycles. The van der Waals surface area contributed by atoms with E-state index >= 15 is 0 Å². The number of aromatic nitrogens is 5. The van der Waals surface area contributed by atoms with Gasteiger partial charge in [-0.2, -0.15) is 18.3 Å². The molecule has 0 fully saturated rings. The molecule has 1 N–H and O–H groups in total. The van der Waals surface area contributed by atoms with Crippen molar-refractivity contribution in [3.63, 3.8) is 0 Å². The Morgan fingerprint density at radius 2 is 1.83 bits per heavy atom. The number of fused-ring (bicyclic) bond motifs is 2. The molecule has 11 heteroatoms. The van der Waals surface area contributed by atoms with Gasteiger partial charge >= 0.3 is 6.18 Å². The molecular weight excluding hydrogens is 481 g/mol. The van der Waals surface area contributed by atoms with Crippen LogP contribution in [-0.4, -0.2) is 37.0 Å². The lowest BCUT2D eigenvalue weighted by molar-refractivity contribution is -0.115. The van der Waals surface area contributed by atoms with E-state index < -0.39 is 12.7 Å². The Bertz CT molecular complexity index is 1640. The summed E-state index contributed by atoms with van der Waals surface area (Å²) in [5.74, 6) is -0.227. The van der Waals surface area contributed by atoms with E-state index in [2.05, 4.69) is 20.4 Å². The number of alkyl halides is 3. The molecule has 0 bridgehead atoms. The minimum Gasteiger partial charge on any atom is -0.345 e. The summed E-state index contributed by atoms with van der Waals surface area (Å²) in [4.78, 5) is 22.1. The number of anilines is 1. The highest BCUT2D eigenvalue weighted by Crippen LogP contribution is 2.28. The molecule has 5 rings (SSSR count). The molecule has 178 valence electrons. The monoisotopic (exact) mass is 498 g/mol. The van der Waals surface area contributed by atoms with Gasteiger partial charge in [-0.3, -0.25) is 14.0 Å². The fourth-order valence-electron chi connectivity index (χ4n) is 3.97. The van der Waals surface area contributed by atoms with E-state index in [0.29, 0.717) is 21.7 Å². The number of nitrogens with one attached hydrogen (secondary N) is 1. The third-order valence-corrected chi connectivity index (χ3v) is 5.78. The minimum atomic E-state index is -4.44. The van der Waals surface area contributed by atoms with Gasteiger partial charge in [0.05, 0.1) is 22.3 Å². The Kier molecular flexibility index (Phi) is 5.47. The standard InChI is InChI=1S/C24H18ClF3N6O/c1-13-7-18-15(10-33(2)32-18)8-19(13)34-11-16-9-29-23(30-12-24(26,27)28)31-21(16)20(22(34)35)14-3-5-17(25)6-4-14/h3-11H,12H2,1-2H3,(H,30,31). The summed E-state index contributed by atoms with van der Waals surface area (Å²) < 4.78 is 41.3. The zero-order valence-corrected chi connectivity index (χ0v) is 19.3. The maximum Gasteiger partial charge on any atom is 0.405 e. The Morgan fingerprint density at radius 3 is 2.54 bits per heavy atom. The summed E-state index contributed by atoms with van der Waals surface area (Å²) in [6.07, 6.45) is 0.402. The first-order valence-electron chi connectivity index (χ1n) is 10.5. The number of benzene rings is 2. The van der Waals surface area contributed by atoms with Crippen LogP contribution >= 0.6 is 11.6 Å². The lowest BCUT2D eigenvalue weighted by atomic mass is 10.0. The second-order valence-corrected chi connectivity index (χ2v) is 8.59. The molecule has 0 amide bonds. The van der Waals surface area contributed by atoms with E-state index in [0.717, 1.165) is 16.5 Å². The van der Waals surface area contributed by atoms with Gasteiger partial charge < -0.3 is 5.32 Å². The SMILES string of the molecule is Cc1cc2nn(C)cc2cc1-n1cc2cnc(NCC(F)(F)F)nc2c(-c2ccc(Cl)cc2)c1=O. The highest BCUT2D eigenvalue weighted by Gasteiger charge is 2.27. The Labute approximate surface area is 201 Å². The van der Waals surface area contributed by atoms with Crippen molar-refractivity contribution in [3.05, 3.63) is 75.9 Å². The van der Waals surface area contributed by atoms with Gasteiger partial charge in [0.1, 0.15) is 6.54 Å². The van der Waals surface area contributed by atoms with Crippen LogP contribution < -0.4 is 10.9 Å². The molecule has 0 radical (unpaired) electrons. The van der Waals surface area contributed by atoms with Crippen molar-refractivity contribution < 1.29 is 13.2 Å². The molecule has 0 saturated carbocycles. The maximum absolute atomic E-state index is 13.8.